The third kappa shape index (κ3) is 3.58. The summed E-state index contributed by atoms with van der Waals surface area (Å²) >= 11 is 1.62. The molecule has 6 heteroatoms. The molecule has 0 spiro atoms. The van der Waals surface area contributed by atoms with Gasteiger partial charge in [0.2, 0.25) is 5.91 Å². The molecule has 0 aliphatic carbocycles. The number of nitrogens with zero attached hydrogens (tertiary/aromatic N) is 4. The molecule has 122 valence electrons. The minimum atomic E-state index is 0.184. The lowest BCUT2D eigenvalue weighted by Crippen LogP contribution is -2.30. The van der Waals surface area contributed by atoms with Gasteiger partial charge in [-0.15, -0.1) is 11.3 Å². The number of rotatable bonds is 3. The third-order valence-corrected chi connectivity index (χ3v) is 5.29. The van der Waals surface area contributed by atoms with E-state index in [0.29, 0.717) is 6.42 Å². The van der Waals surface area contributed by atoms with Crippen molar-refractivity contribution in [3.63, 3.8) is 0 Å². The Hall–Kier alpha value is -1.82. The highest BCUT2D eigenvalue weighted by Crippen LogP contribution is 2.26. The zero-order valence-corrected chi connectivity index (χ0v) is 14.9. The maximum Gasteiger partial charge on any atom is 0.227 e. The van der Waals surface area contributed by atoms with Crippen LogP contribution in [0.1, 0.15) is 45.1 Å². The van der Waals surface area contributed by atoms with Gasteiger partial charge in [-0.3, -0.25) is 4.79 Å². The van der Waals surface area contributed by atoms with E-state index in [1.807, 2.05) is 38.7 Å². The summed E-state index contributed by atoms with van der Waals surface area (Å²) in [6.45, 7) is 9.45. The molecule has 0 N–H and O–H groups in total. The number of aryl methyl sites for hydroxylation is 4. The molecule has 1 saturated heterocycles. The smallest absolute Gasteiger partial charge is 0.227 e. The first kappa shape index (κ1) is 16.1. The molecule has 0 aromatic carbocycles. The molecule has 5 nitrogen and oxygen atoms in total. The van der Waals surface area contributed by atoms with Gasteiger partial charge >= 0.3 is 0 Å². The number of thiazole rings is 1. The van der Waals surface area contributed by atoms with Crippen LogP contribution in [0.2, 0.25) is 0 Å². The number of carbonyl (C=O) groups excluding carboxylic acids is 1. The molecule has 2 aromatic heterocycles. The lowest BCUT2D eigenvalue weighted by atomic mass is 10.1. The summed E-state index contributed by atoms with van der Waals surface area (Å²) in [6, 6.07) is 1.98. The zero-order valence-electron chi connectivity index (χ0n) is 14.1. The molecule has 1 aliphatic heterocycles. The van der Waals surface area contributed by atoms with Crippen molar-refractivity contribution >= 4 is 17.2 Å². The Morgan fingerprint density at radius 1 is 1.22 bits per heavy atom. The van der Waals surface area contributed by atoms with E-state index < -0.39 is 0 Å². The van der Waals surface area contributed by atoms with Crippen LogP contribution in [0.4, 0.5) is 0 Å². The quantitative estimate of drug-likeness (QED) is 0.868. The highest BCUT2D eigenvalue weighted by atomic mass is 32.1. The van der Waals surface area contributed by atoms with Gasteiger partial charge in [-0.25, -0.2) is 15.0 Å². The van der Waals surface area contributed by atoms with Gasteiger partial charge in [-0.1, -0.05) is 0 Å². The Bertz CT molecular complexity index is 720. The summed E-state index contributed by atoms with van der Waals surface area (Å²) in [5, 5.41) is 1.02. The second-order valence-corrected chi connectivity index (χ2v) is 7.54. The predicted molar refractivity (Wildman–Crippen MR) is 90.7 cm³/mol. The second kappa shape index (κ2) is 6.35. The van der Waals surface area contributed by atoms with Crippen LogP contribution >= 0.6 is 11.3 Å². The molecule has 23 heavy (non-hydrogen) atoms. The fourth-order valence-electron chi connectivity index (χ4n) is 3.12. The van der Waals surface area contributed by atoms with E-state index in [1.165, 1.54) is 0 Å². The number of hydrogen-bond donors (Lipinski definition) is 0. The van der Waals surface area contributed by atoms with Gasteiger partial charge in [0.1, 0.15) is 5.82 Å². The van der Waals surface area contributed by atoms with Gasteiger partial charge in [0.25, 0.3) is 0 Å². The van der Waals surface area contributed by atoms with Crippen molar-refractivity contribution in [3.05, 3.63) is 38.9 Å². The Balaban J connectivity index is 1.67. The molecule has 0 unspecified atom stereocenters. The molecule has 1 atom stereocenters. The van der Waals surface area contributed by atoms with E-state index in [4.69, 9.17) is 0 Å². The topological polar surface area (TPSA) is 59.0 Å². The number of likely N-dealkylation sites (tertiary alicyclic amines) is 1. The SMILES string of the molecule is Cc1cc(C)nc([C@H]2CCN(C(=O)Cc3sc(C)nc3C)C2)n1. The number of aromatic nitrogens is 3. The van der Waals surface area contributed by atoms with Crippen LogP contribution in [-0.4, -0.2) is 38.8 Å². The average Bonchev–Trinajstić information content (AvgIpc) is 3.05. The van der Waals surface area contributed by atoms with Crippen molar-refractivity contribution in [1.82, 2.24) is 19.9 Å². The number of hydrogen-bond acceptors (Lipinski definition) is 5. The van der Waals surface area contributed by atoms with Crippen molar-refractivity contribution in [2.45, 2.75) is 46.5 Å². The minimum Gasteiger partial charge on any atom is -0.342 e. The first-order valence-corrected chi connectivity index (χ1v) is 8.77. The zero-order chi connectivity index (χ0) is 16.6. The van der Waals surface area contributed by atoms with E-state index in [1.54, 1.807) is 11.3 Å². The van der Waals surface area contributed by atoms with Gasteiger partial charge in [0.15, 0.2) is 0 Å². The largest absolute Gasteiger partial charge is 0.342 e. The minimum absolute atomic E-state index is 0.184. The Kier molecular flexibility index (Phi) is 4.43. The summed E-state index contributed by atoms with van der Waals surface area (Å²) in [7, 11) is 0. The maximum atomic E-state index is 12.6. The van der Waals surface area contributed by atoms with Crippen LogP contribution in [0.3, 0.4) is 0 Å². The molecule has 0 bridgehead atoms. The predicted octanol–water partition coefficient (Wildman–Crippen LogP) is 2.73. The average molecular weight is 330 g/mol. The van der Waals surface area contributed by atoms with Crippen molar-refractivity contribution in [3.8, 4) is 0 Å². The highest BCUT2D eigenvalue weighted by Gasteiger charge is 2.29. The summed E-state index contributed by atoms with van der Waals surface area (Å²) in [6.07, 6.45) is 1.40. The molecular weight excluding hydrogens is 308 g/mol. The van der Waals surface area contributed by atoms with E-state index >= 15 is 0 Å². The molecule has 1 aliphatic rings. The normalized spacial score (nSPS) is 17.7. The Labute approximate surface area is 140 Å². The van der Waals surface area contributed by atoms with E-state index in [9.17, 15) is 4.79 Å². The van der Waals surface area contributed by atoms with Crippen LogP contribution in [-0.2, 0) is 11.2 Å². The first-order valence-electron chi connectivity index (χ1n) is 7.95. The van der Waals surface area contributed by atoms with E-state index in [2.05, 4.69) is 15.0 Å². The Morgan fingerprint density at radius 3 is 2.52 bits per heavy atom. The molecular formula is C17H22N4OS. The van der Waals surface area contributed by atoms with Crippen LogP contribution in [0.15, 0.2) is 6.07 Å². The summed E-state index contributed by atoms with van der Waals surface area (Å²) in [4.78, 5) is 29.1. The lowest BCUT2D eigenvalue weighted by Gasteiger charge is -2.16. The molecule has 0 saturated carbocycles. The summed E-state index contributed by atoms with van der Waals surface area (Å²) < 4.78 is 0. The summed E-state index contributed by atoms with van der Waals surface area (Å²) in [5.74, 6) is 1.31. The van der Waals surface area contributed by atoms with Crippen LogP contribution in [0.5, 0.6) is 0 Å². The number of amides is 1. The fraction of sp³-hybridized carbons (Fsp3) is 0.529. The molecule has 3 rings (SSSR count). The van der Waals surface area contributed by atoms with Crippen molar-refractivity contribution in [2.75, 3.05) is 13.1 Å². The highest BCUT2D eigenvalue weighted by molar-refractivity contribution is 7.11. The number of carbonyl (C=O) groups is 1. The van der Waals surface area contributed by atoms with Gasteiger partial charge in [-0.2, -0.15) is 0 Å². The second-order valence-electron chi connectivity index (χ2n) is 6.25. The van der Waals surface area contributed by atoms with E-state index in [-0.39, 0.29) is 11.8 Å². The van der Waals surface area contributed by atoms with Crippen molar-refractivity contribution in [2.24, 2.45) is 0 Å². The standard InChI is InChI=1S/C17H22N4OS/c1-10-7-11(2)19-17(18-10)14-5-6-21(9-14)16(22)8-15-12(3)20-13(4)23-15/h7,14H,5-6,8-9H2,1-4H3/t14-/m0/s1. The van der Waals surface area contributed by atoms with Crippen LogP contribution in [0.25, 0.3) is 0 Å². The first-order chi connectivity index (χ1) is 10.9. The van der Waals surface area contributed by atoms with E-state index in [0.717, 1.165) is 52.3 Å². The molecule has 3 heterocycles. The van der Waals surface area contributed by atoms with Gasteiger partial charge in [-0.05, 0) is 40.2 Å². The van der Waals surface area contributed by atoms with Gasteiger partial charge < -0.3 is 4.90 Å². The van der Waals surface area contributed by atoms with Gasteiger partial charge in [0, 0.05) is 35.3 Å². The molecule has 1 amide bonds. The molecule has 2 aromatic rings. The maximum absolute atomic E-state index is 12.6. The molecule has 0 radical (unpaired) electrons. The summed E-state index contributed by atoms with van der Waals surface area (Å²) in [5.41, 5.74) is 2.97. The fourth-order valence-corrected chi connectivity index (χ4v) is 4.05. The van der Waals surface area contributed by atoms with Crippen LogP contribution < -0.4 is 0 Å². The Morgan fingerprint density at radius 2 is 1.91 bits per heavy atom. The van der Waals surface area contributed by atoms with Crippen LogP contribution in [0, 0.1) is 27.7 Å². The molecule has 1 fully saturated rings. The van der Waals surface area contributed by atoms with Crippen molar-refractivity contribution < 1.29 is 4.79 Å². The lowest BCUT2D eigenvalue weighted by molar-refractivity contribution is -0.129. The third-order valence-electron chi connectivity index (χ3n) is 4.22. The monoisotopic (exact) mass is 330 g/mol. The van der Waals surface area contributed by atoms with Crippen molar-refractivity contribution in [1.29, 1.82) is 0 Å². The van der Waals surface area contributed by atoms with Gasteiger partial charge in [0.05, 0.1) is 17.1 Å².